The van der Waals surface area contributed by atoms with Gasteiger partial charge in [0.25, 0.3) is 0 Å². The Balaban J connectivity index is 1.69. The SMILES string of the molecule is CN=C(NCCc1ccc(Cl)cc1)NCCc1ccc(Cl)nc1. The van der Waals surface area contributed by atoms with Crippen LogP contribution in [-0.4, -0.2) is 31.1 Å². The van der Waals surface area contributed by atoms with Crippen LogP contribution in [0.5, 0.6) is 0 Å². The summed E-state index contributed by atoms with van der Waals surface area (Å²) < 4.78 is 0. The molecule has 2 aromatic rings. The molecule has 0 saturated heterocycles. The van der Waals surface area contributed by atoms with E-state index < -0.39 is 0 Å². The first-order chi connectivity index (χ1) is 11.2. The number of hydrogen-bond donors (Lipinski definition) is 2. The molecule has 1 heterocycles. The van der Waals surface area contributed by atoms with Crippen LogP contribution in [0.25, 0.3) is 0 Å². The minimum absolute atomic E-state index is 0.515. The second kappa shape index (κ2) is 9.38. The van der Waals surface area contributed by atoms with Gasteiger partial charge in [-0.15, -0.1) is 0 Å². The summed E-state index contributed by atoms with van der Waals surface area (Å²) in [7, 11) is 1.77. The Bertz CT molecular complexity index is 571. The second-order valence-electron chi connectivity index (χ2n) is 5.04. The van der Waals surface area contributed by atoms with Crippen molar-refractivity contribution in [1.29, 1.82) is 0 Å². The molecule has 0 aliphatic rings. The predicted octanol–water partition coefficient (Wildman–Crippen LogP) is 3.34. The molecular formula is C17H20Cl2N4. The summed E-state index contributed by atoms with van der Waals surface area (Å²) >= 11 is 11.7. The summed E-state index contributed by atoms with van der Waals surface area (Å²) in [5.41, 5.74) is 2.38. The zero-order chi connectivity index (χ0) is 16.5. The topological polar surface area (TPSA) is 49.3 Å². The molecule has 0 fully saturated rings. The first kappa shape index (κ1) is 17.6. The summed E-state index contributed by atoms with van der Waals surface area (Å²) in [5.74, 6) is 0.792. The third-order valence-electron chi connectivity index (χ3n) is 3.34. The molecule has 0 atom stereocenters. The molecule has 1 aromatic heterocycles. The highest BCUT2D eigenvalue weighted by Crippen LogP contribution is 2.09. The van der Waals surface area contributed by atoms with E-state index in [1.54, 1.807) is 19.3 Å². The lowest BCUT2D eigenvalue weighted by Crippen LogP contribution is -2.39. The van der Waals surface area contributed by atoms with Crippen molar-refractivity contribution in [2.24, 2.45) is 4.99 Å². The highest BCUT2D eigenvalue weighted by atomic mass is 35.5. The third kappa shape index (κ3) is 6.47. The molecule has 0 aliphatic carbocycles. The molecule has 2 rings (SSSR count). The van der Waals surface area contributed by atoms with Crippen LogP contribution in [0.2, 0.25) is 10.2 Å². The summed E-state index contributed by atoms with van der Waals surface area (Å²) in [4.78, 5) is 8.28. The average Bonchev–Trinajstić information content (AvgIpc) is 2.57. The number of guanidine groups is 1. The zero-order valence-corrected chi connectivity index (χ0v) is 14.5. The maximum absolute atomic E-state index is 5.88. The van der Waals surface area contributed by atoms with Gasteiger partial charge in [0, 0.05) is 31.4 Å². The Labute approximate surface area is 146 Å². The number of halogens is 2. The van der Waals surface area contributed by atoms with Gasteiger partial charge in [-0.2, -0.15) is 0 Å². The van der Waals surface area contributed by atoms with Crippen molar-refractivity contribution >= 4 is 29.2 Å². The Morgan fingerprint density at radius 1 is 0.957 bits per heavy atom. The number of aliphatic imine (C=N–C) groups is 1. The van der Waals surface area contributed by atoms with E-state index in [-0.39, 0.29) is 0 Å². The van der Waals surface area contributed by atoms with Crippen LogP contribution in [0.3, 0.4) is 0 Å². The van der Waals surface area contributed by atoms with Crippen LogP contribution in [0.15, 0.2) is 47.6 Å². The molecule has 122 valence electrons. The molecule has 0 unspecified atom stereocenters. The Morgan fingerprint density at radius 2 is 1.57 bits per heavy atom. The minimum atomic E-state index is 0.515. The van der Waals surface area contributed by atoms with Gasteiger partial charge < -0.3 is 10.6 Å². The number of nitrogens with zero attached hydrogens (tertiary/aromatic N) is 2. The highest BCUT2D eigenvalue weighted by molar-refractivity contribution is 6.30. The van der Waals surface area contributed by atoms with Crippen molar-refractivity contribution in [3.8, 4) is 0 Å². The fourth-order valence-corrected chi connectivity index (χ4v) is 2.31. The molecule has 1 aromatic carbocycles. The normalized spacial score (nSPS) is 11.3. The first-order valence-corrected chi connectivity index (χ1v) is 8.22. The summed E-state index contributed by atoms with van der Waals surface area (Å²) in [6, 6.07) is 11.7. The third-order valence-corrected chi connectivity index (χ3v) is 3.81. The maximum Gasteiger partial charge on any atom is 0.190 e. The largest absolute Gasteiger partial charge is 0.356 e. The van der Waals surface area contributed by atoms with E-state index >= 15 is 0 Å². The summed E-state index contributed by atoms with van der Waals surface area (Å²) in [5, 5.41) is 7.86. The fraction of sp³-hybridized carbons (Fsp3) is 0.294. The Hall–Kier alpha value is -1.78. The van der Waals surface area contributed by atoms with Gasteiger partial charge in [-0.25, -0.2) is 4.98 Å². The molecule has 6 heteroatoms. The van der Waals surface area contributed by atoms with E-state index in [9.17, 15) is 0 Å². The molecule has 0 bridgehead atoms. The smallest absolute Gasteiger partial charge is 0.190 e. The molecule has 4 nitrogen and oxygen atoms in total. The quantitative estimate of drug-likeness (QED) is 0.477. The Kier molecular flexibility index (Phi) is 7.17. The molecule has 0 saturated carbocycles. The van der Waals surface area contributed by atoms with Crippen LogP contribution in [-0.2, 0) is 12.8 Å². The van der Waals surface area contributed by atoms with Crippen LogP contribution < -0.4 is 10.6 Å². The van der Waals surface area contributed by atoms with Gasteiger partial charge in [0.1, 0.15) is 5.15 Å². The van der Waals surface area contributed by atoms with E-state index in [1.807, 2.05) is 30.3 Å². The summed E-state index contributed by atoms with van der Waals surface area (Å²) in [6.45, 7) is 1.59. The maximum atomic E-state index is 5.88. The van der Waals surface area contributed by atoms with E-state index in [2.05, 4.69) is 20.6 Å². The van der Waals surface area contributed by atoms with Crippen molar-refractivity contribution in [3.63, 3.8) is 0 Å². The number of hydrogen-bond acceptors (Lipinski definition) is 2. The first-order valence-electron chi connectivity index (χ1n) is 7.47. The molecule has 0 amide bonds. The van der Waals surface area contributed by atoms with Crippen molar-refractivity contribution in [2.45, 2.75) is 12.8 Å². The predicted molar refractivity (Wildman–Crippen MR) is 97.5 cm³/mol. The lowest BCUT2D eigenvalue weighted by Gasteiger charge is -2.12. The van der Waals surface area contributed by atoms with Crippen molar-refractivity contribution in [1.82, 2.24) is 15.6 Å². The van der Waals surface area contributed by atoms with E-state index in [4.69, 9.17) is 23.2 Å². The lowest BCUT2D eigenvalue weighted by atomic mass is 10.1. The van der Waals surface area contributed by atoms with Crippen molar-refractivity contribution in [3.05, 3.63) is 63.9 Å². The number of aromatic nitrogens is 1. The monoisotopic (exact) mass is 350 g/mol. The van der Waals surface area contributed by atoms with Crippen molar-refractivity contribution < 1.29 is 0 Å². The van der Waals surface area contributed by atoms with Crippen molar-refractivity contribution in [2.75, 3.05) is 20.1 Å². The van der Waals surface area contributed by atoms with Gasteiger partial charge in [-0.1, -0.05) is 41.4 Å². The van der Waals surface area contributed by atoms with E-state index in [1.165, 1.54) is 5.56 Å². The molecule has 2 N–H and O–H groups in total. The van der Waals surface area contributed by atoms with Gasteiger partial charge in [0.15, 0.2) is 5.96 Å². The second-order valence-corrected chi connectivity index (χ2v) is 5.87. The van der Waals surface area contributed by atoms with Gasteiger partial charge in [0.05, 0.1) is 0 Å². The minimum Gasteiger partial charge on any atom is -0.356 e. The van der Waals surface area contributed by atoms with Gasteiger partial charge in [-0.05, 0) is 42.2 Å². The fourth-order valence-electron chi connectivity index (χ4n) is 2.08. The zero-order valence-electron chi connectivity index (χ0n) is 13.0. The van der Waals surface area contributed by atoms with E-state index in [0.717, 1.165) is 42.5 Å². The van der Waals surface area contributed by atoms with Gasteiger partial charge in [-0.3, -0.25) is 4.99 Å². The number of pyridine rings is 1. The number of benzene rings is 1. The molecule has 0 spiro atoms. The Morgan fingerprint density at radius 3 is 2.13 bits per heavy atom. The standard InChI is InChI=1S/C17H20Cl2N4/c1-20-17(21-10-8-13-2-5-15(18)6-3-13)22-11-9-14-4-7-16(19)23-12-14/h2-7,12H,8-11H2,1H3,(H2,20,21,22). The van der Waals surface area contributed by atoms with Gasteiger partial charge >= 0.3 is 0 Å². The summed E-state index contributed by atoms with van der Waals surface area (Å²) in [6.07, 6.45) is 3.57. The average molecular weight is 351 g/mol. The molecule has 0 aliphatic heterocycles. The number of rotatable bonds is 6. The van der Waals surface area contributed by atoms with Crippen LogP contribution in [0.4, 0.5) is 0 Å². The molecular weight excluding hydrogens is 331 g/mol. The molecule has 23 heavy (non-hydrogen) atoms. The lowest BCUT2D eigenvalue weighted by molar-refractivity contribution is 0.783. The van der Waals surface area contributed by atoms with Crippen LogP contribution >= 0.6 is 23.2 Å². The van der Waals surface area contributed by atoms with Gasteiger partial charge in [0.2, 0.25) is 0 Å². The van der Waals surface area contributed by atoms with Crippen LogP contribution in [0, 0.1) is 0 Å². The van der Waals surface area contributed by atoms with Crippen LogP contribution in [0.1, 0.15) is 11.1 Å². The molecule has 0 radical (unpaired) electrons. The highest BCUT2D eigenvalue weighted by Gasteiger charge is 1.99. The van der Waals surface area contributed by atoms with E-state index in [0.29, 0.717) is 5.15 Å². The number of nitrogens with one attached hydrogen (secondary N) is 2.